The Kier molecular flexibility index (Phi) is 4.62. The molecular formula is C19H20N4O4. The lowest BCUT2D eigenvalue weighted by Crippen LogP contribution is -2.31. The van der Waals surface area contributed by atoms with Crippen LogP contribution >= 0.6 is 0 Å². The number of nitrogens with zero attached hydrogens (tertiary/aromatic N) is 2. The van der Waals surface area contributed by atoms with Crippen molar-refractivity contribution < 1.29 is 18.8 Å². The van der Waals surface area contributed by atoms with Gasteiger partial charge in [0, 0.05) is 6.54 Å². The maximum atomic E-state index is 12.2. The van der Waals surface area contributed by atoms with Gasteiger partial charge < -0.3 is 20.3 Å². The Morgan fingerprint density at radius 2 is 2.11 bits per heavy atom. The average Bonchev–Trinajstić information content (AvgIpc) is 3.41. The number of aromatic nitrogens is 2. The Labute approximate surface area is 155 Å². The molecule has 4 rings (SSSR count). The van der Waals surface area contributed by atoms with E-state index in [0.29, 0.717) is 30.0 Å². The molecule has 3 atom stereocenters. The molecule has 8 heteroatoms. The third kappa shape index (κ3) is 3.69. The van der Waals surface area contributed by atoms with Gasteiger partial charge in [-0.15, -0.1) is 0 Å². The number of carbonyl (C=O) groups excluding carboxylic acids is 2. The van der Waals surface area contributed by atoms with Crippen molar-refractivity contribution in [1.82, 2.24) is 15.5 Å². The molecule has 0 unspecified atom stereocenters. The zero-order valence-electron chi connectivity index (χ0n) is 14.6. The standard InChI is InChI=1S/C19H20N4O4/c20-17(24)14-3-1-2-4-15(14)26-10-16-22-19(27-23-16)18(25)21-9-13-8-11-5-6-12(13)7-11/h1-6,11-13H,7-10H2,(H2,20,24)(H,21,25)/t11-,12+,13-/m1/s1. The van der Waals surface area contributed by atoms with E-state index in [9.17, 15) is 9.59 Å². The van der Waals surface area contributed by atoms with Crippen LogP contribution < -0.4 is 15.8 Å². The van der Waals surface area contributed by atoms with E-state index in [2.05, 4.69) is 27.6 Å². The van der Waals surface area contributed by atoms with Gasteiger partial charge >= 0.3 is 11.8 Å². The van der Waals surface area contributed by atoms with E-state index < -0.39 is 11.8 Å². The fourth-order valence-corrected chi connectivity index (χ4v) is 3.77. The summed E-state index contributed by atoms with van der Waals surface area (Å²) in [6, 6.07) is 6.60. The first kappa shape index (κ1) is 17.3. The van der Waals surface area contributed by atoms with Gasteiger partial charge in [0.05, 0.1) is 5.56 Å². The lowest BCUT2D eigenvalue weighted by atomic mass is 9.94. The van der Waals surface area contributed by atoms with Crippen LogP contribution in [-0.4, -0.2) is 28.5 Å². The predicted molar refractivity (Wildman–Crippen MR) is 94.8 cm³/mol. The van der Waals surface area contributed by atoms with E-state index in [1.54, 1.807) is 24.3 Å². The molecule has 8 nitrogen and oxygen atoms in total. The first-order valence-corrected chi connectivity index (χ1v) is 8.91. The number of nitrogens with two attached hydrogens (primary N) is 1. The largest absolute Gasteiger partial charge is 0.485 e. The van der Waals surface area contributed by atoms with E-state index in [4.69, 9.17) is 15.0 Å². The highest BCUT2D eigenvalue weighted by Crippen LogP contribution is 2.42. The monoisotopic (exact) mass is 368 g/mol. The molecule has 2 aliphatic carbocycles. The van der Waals surface area contributed by atoms with Gasteiger partial charge in [-0.05, 0) is 42.7 Å². The van der Waals surface area contributed by atoms with Crippen LogP contribution in [0.4, 0.5) is 0 Å². The molecule has 2 aromatic rings. The molecule has 0 radical (unpaired) electrons. The quantitative estimate of drug-likeness (QED) is 0.718. The minimum atomic E-state index is -0.589. The molecule has 27 heavy (non-hydrogen) atoms. The maximum Gasteiger partial charge on any atom is 0.316 e. The van der Waals surface area contributed by atoms with E-state index in [1.165, 1.54) is 6.42 Å². The Balaban J connectivity index is 1.31. The third-order valence-electron chi connectivity index (χ3n) is 5.11. The van der Waals surface area contributed by atoms with Crippen molar-refractivity contribution in [3.05, 3.63) is 53.7 Å². The topological polar surface area (TPSA) is 120 Å². The SMILES string of the molecule is NC(=O)c1ccccc1OCc1noc(C(=O)NC[C@H]2C[C@@H]3C=C[C@H]2C3)n1. The number of hydrogen-bond donors (Lipinski definition) is 2. The van der Waals surface area contributed by atoms with Gasteiger partial charge in [0.25, 0.3) is 5.91 Å². The molecule has 1 heterocycles. The summed E-state index contributed by atoms with van der Waals surface area (Å²) in [5.41, 5.74) is 5.57. The molecule has 1 aromatic carbocycles. The lowest BCUT2D eigenvalue weighted by Gasteiger charge is -2.17. The number of nitrogens with one attached hydrogen (secondary N) is 1. The highest BCUT2D eigenvalue weighted by atomic mass is 16.5. The molecule has 1 fully saturated rings. The molecule has 2 aliphatic rings. The van der Waals surface area contributed by atoms with Crippen molar-refractivity contribution in [2.24, 2.45) is 23.5 Å². The van der Waals surface area contributed by atoms with Gasteiger partial charge in [0.2, 0.25) is 5.82 Å². The van der Waals surface area contributed by atoms with E-state index in [0.717, 1.165) is 6.42 Å². The van der Waals surface area contributed by atoms with Crippen LogP contribution in [0.25, 0.3) is 0 Å². The number of primary amides is 1. The highest BCUT2D eigenvalue weighted by molar-refractivity contribution is 5.95. The summed E-state index contributed by atoms with van der Waals surface area (Å²) >= 11 is 0. The second-order valence-corrected chi connectivity index (χ2v) is 6.92. The molecule has 2 amide bonds. The number of para-hydroxylation sites is 1. The van der Waals surface area contributed by atoms with Crippen molar-refractivity contribution in [2.45, 2.75) is 19.4 Å². The van der Waals surface area contributed by atoms with Crippen LogP contribution in [0.2, 0.25) is 0 Å². The van der Waals surface area contributed by atoms with E-state index in [-0.39, 0.29) is 23.9 Å². The van der Waals surface area contributed by atoms with Crippen molar-refractivity contribution in [2.75, 3.05) is 6.54 Å². The number of amides is 2. The number of rotatable bonds is 7. The van der Waals surface area contributed by atoms with Crippen molar-refractivity contribution in [3.63, 3.8) is 0 Å². The minimum Gasteiger partial charge on any atom is -0.485 e. The zero-order chi connectivity index (χ0) is 18.8. The number of hydrogen-bond acceptors (Lipinski definition) is 6. The molecule has 1 saturated carbocycles. The number of benzene rings is 1. The van der Waals surface area contributed by atoms with Crippen LogP contribution in [0, 0.1) is 17.8 Å². The third-order valence-corrected chi connectivity index (χ3v) is 5.11. The van der Waals surface area contributed by atoms with Gasteiger partial charge in [-0.1, -0.05) is 29.4 Å². The van der Waals surface area contributed by atoms with Crippen LogP contribution in [-0.2, 0) is 6.61 Å². The first-order chi connectivity index (χ1) is 13.1. The second kappa shape index (κ2) is 7.22. The first-order valence-electron chi connectivity index (χ1n) is 8.91. The fraction of sp³-hybridized carbons (Fsp3) is 0.368. The van der Waals surface area contributed by atoms with Gasteiger partial charge in [-0.3, -0.25) is 9.59 Å². The van der Waals surface area contributed by atoms with E-state index in [1.807, 2.05) is 0 Å². The van der Waals surface area contributed by atoms with E-state index >= 15 is 0 Å². The molecule has 140 valence electrons. The molecule has 0 saturated heterocycles. The molecule has 3 N–H and O–H groups in total. The molecule has 0 spiro atoms. The predicted octanol–water partition coefficient (Wildman–Crippen LogP) is 1.69. The minimum absolute atomic E-state index is 0.0434. The molecule has 1 aromatic heterocycles. The number of carbonyl (C=O) groups is 2. The van der Waals surface area contributed by atoms with Gasteiger partial charge in [0.15, 0.2) is 6.61 Å². The summed E-state index contributed by atoms with van der Waals surface area (Å²) in [5.74, 6) is 1.15. The van der Waals surface area contributed by atoms with Crippen LogP contribution in [0.3, 0.4) is 0 Å². The van der Waals surface area contributed by atoms with Crippen molar-refractivity contribution in [1.29, 1.82) is 0 Å². The van der Waals surface area contributed by atoms with Crippen LogP contribution in [0.1, 0.15) is 39.7 Å². The Bertz CT molecular complexity index is 891. The van der Waals surface area contributed by atoms with Crippen molar-refractivity contribution in [3.8, 4) is 5.75 Å². The van der Waals surface area contributed by atoms with Gasteiger partial charge in [-0.2, -0.15) is 4.98 Å². The van der Waals surface area contributed by atoms with Crippen LogP contribution in [0.15, 0.2) is 40.9 Å². The number of ether oxygens (including phenoxy) is 1. The summed E-state index contributed by atoms with van der Waals surface area (Å²) in [6.45, 7) is 0.558. The number of allylic oxidation sites excluding steroid dienone is 2. The summed E-state index contributed by atoms with van der Waals surface area (Å²) in [4.78, 5) is 27.6. The average molecular weight is 368 g/mol. The Morgan fingerprint density at radius 3 is 2.85 bits per heavy atom. The fourth-order valence-electron chi connectivity index (χ4n) is 3.77. The Hall–Kier alpha value is -3.16. The molecule has 0 aliphatic heterocycles. The number of fused-ring (bicyclic) bond motifs is 2. The van der Waals surface area contributed by atoms with Gasteiger partial charge in [0.1, 0.15) is 5.75 Å². The maximum absolute atomic E-state index is 12.2. The summed E-state index contributed by atoms with van der Waals surface area (Å²) in [5, 5.41) is 6.61. The van der Waals surface area contributed by atoms with Crippen molar-refractivity contribution >= 4 is 11.8 Å². The lowest BCUT2D eigenvalue weighted by molar-refractivity contribution is 0.0900. The summed E-state index contributed by atoms with van der Waals surface area (Å²) in [6.07, 6.45) is 6.82. The zero-order valence-corrected chi connectivity index (χ0v) is 14.6. The normalized spacial score (nSPS) is 22.7. The highest BCUT2D eigenvalue weighted by Gasteiger charge is 2.35. The Morgan fingerprint density at radius 1 is 1.26 bits per heavy atom. The summed E-state index contributed by atoms with van der Waals surface area (Å²) < 4.78 is 10.5. The van der Waals surface area contributed by atoms with Gasteiger partial charge in [-0.25, -0.2) is 0 Å². The molecular weight excluding hydrogens is 348 g/mol. The molecule has 2 bridgehead atoms. The van der Waals surface area contributed by atoms with Crippen LogP contribution in [0.5, 0.6) is 5.75 Å². The second-order valence-electron chi connectivity index (χ2n) is 6.92. The smallest absolute Gasteiger partial charge is 0.316 e. The summed E-state index contributed by atoms with van der Waals surface area (Å²) in [7, 11) is 0.